The van der Waals surface area contributed by atoms with Crippen molar-refractivity contribution in [2.75, 3.05) is 0 Å². The van der Waals surface area contributed by atoms with Crippen LogP contribution in [-0.4, -0.2) is 20.4 Å². The molecule has 4 aromatic carbocycles. The molecule has 0 aliphatic carbocycles. The minimum absolute atomic E-state index is 0. The fourth-order valence-electron chi connectivity index (χ4n) is 1.71. The molecule has 273 valence electrons. The van der Waals surface area contributed by atoms with Crippen molar-refractivity contribution in [2.45, 2.75) is 110 Å². The maximum atomic E-state index is 8.63. The van der Waals surface area contributed by atoms with Crippen LogP contribution in [-0.2, 0) is 32.7 Å². The standard InChI is InChI=1S/4C6H6O.2C3H8.5C2H6.2CH3.Y/c4*7-6-4-2-1-3-5-6;2*1-3-2;5*1-2;;;/h4*1-5,7H;2*3H2,1-2H3;5*1-2H3;2*1H3;/q;;;;;;;;;;;2*-1;. The van der Waals surface area contributed by atoms with Gasteiger partial charge in [0.15, 0.2) is 0 Å². The second-order valence-electron chi connectivity index (χ2n) is 6.76. The molecule has 0 unspecified atom stereocenters. The first-order chi connectivity index (χ1) is 21.4. The monoisotopic (exact) mass is 733 g/mol. The molecule has 4 N–H and O–H groups in total. The van der Waals surface area contributed by atoms with Crippen LogP contribution in [0.2, 0.25) is 0 Å². The van der Waals surface area contributed by atoms with E-state index in [0.29, 0.717) is 23.0 Å². The van der Waals surface area contributed by atoms with Crippen LogP contribution >= 0.6 is 0 Å². The zero-order valence-electron chi connectivity index (χ0n) is 33.3. The zero-order valence-corrected chi connectivity index (χ0v) is 36.2. The number of phenols is 4. The smallest absolute Gasteiger partial charge is 0.115 e. The van der Waals surface area contributed by atoms with Gasteiger partial charge < -0.3 is 35.3 Å². The first-order valence-electron chi connectivity index (χ1n) is 16.4. The van der Waals surface area contributed by atoms with Crippen molar-refractivity contribution in [3.8, 4) is 23.0 Å². The summed E-state index contributed by atoms with van der Waals surface area (Å²) in [5.41, 5.74) is 0. The van der Waals surface area contributed by atoms with Crippen molar-refractivity contribution in [1.82, 2.24) is 0 Å². The van der Waals surface area contributed by atoms with Gasteiger partial charge in [0.2, 0.25) is 0 Å². The van der Waals surface area contributed by atoms with Gasteiger partial charge in [-0.05, 0) is 48.5 Å². The fraction of sp³-hybridized carbons (Fsp3) is 0.381. The Bertz CT molecular complexity index is 725. The van der Waals surface area contributed by atoms with Gasteiger partial charge in [-0.15, -0.1) is 0 Å². The molecule has 4 nitrogen and oxygen atoms in total. The molecule has 5 heteroatoms. The Morgan fingerprint density at radius 3 is 0.426 bits per heavy atom. The molecular formula is C42H76O4Y-2. The van der Waals surface area contributed by atoms with Gasteiger partial charge in [0.1, 0.15) is 23.0 Å². The second-order valence-corrected chi connectivity index (χ2v) is 6.76. The SMILES string of the molecule is CC.CC.CC.CC.CC.CCC.CCC.Oc1ccccc1.Oc1ccccc1.Oc1ccccc1.Oc1ccccc1.[CH3-].[CH3-].[Y]. The molecule has 1 radical (unpaired) electrons. The summed E-state index contributed by atoms with van der Waals surface area (Å²) in [7, 11) is 0. The number of phenolic OH excluding ortho intramolecular Hbond substituents is 4. The van der Waals surface area contributed by atoms with Crippen LogP contribution in [0.25, 0.3) is 0 Å². The molecular weight excluding hydrogens is 657 g/mol. The number of hydrogen-bond donors (Lipinski definition) is 4. The fourth-order valence-corrected chi connectivity index (χ4v) is 1.71. The van der Waals surface area contributed by atoms with E-state index in [1.54, 1.807) is 97.1 Å². The Morgan fingerprint density at radius 2 is 0.383 bits per heavy atom. The van der Waals surface area contributed by atoms with Crippen molar-refractivity contribution < 1.29 is 53.1 Å². The van der Waals surface area contributed by atoms with Gasteiger partial charge in [0, 0.05) is 32.7 Å². The minimum atomic E-state index is 0. The van der Waals surface area contributed by atoms with E-state index in [-0.39, 0.29) is 47.6 Å². The molecule has 0 fully saturated rings. The van der Waals surface area contributed by atoms with Gasteiger partial charge >= 0.3 is 0 Å². The Morgan fingerprint density at radius 1 is 0.298 bits per heavy atom. The average Bonchev–Trinajstić information content (AvgIpc) is 3.09. The summed E-state index contributed by atoms with van der Waals surface area (Å²) < 4.78 is 0. The van der Waals surface area contributed by atoms with E-state index in [2.05, 4.69) is 27.7 Å². The third-order valence-corrected chi connectivity index (χ3v) is 3.02. The Kier molecular flexibility index (Phi) is 119. The number of hydrogen-bond acceptors (Lipinski definition) is 4. The van der Waals surface area contributed by atoms with Crippen LogP contribution in [0.4, 0.5) is 0 Å². The van der Waals surface area contributed by atoms with Crippen molar-refractivity contribution in [2.24, 2.45) is 0 Å². The summed E-state index contributed by atoms with van der Waals surface area (Å²) >= 11 is 0. The maximum Gasteiger partial charge on any atom is 0.115 e. The van der Waals surface area contributed by atoms with Crippen LogP contribution in [0.1, 0.15) is 110 Å². The molecule has 4 aromatic rings. The van der Waals surface area contributed by atoms with Gasteiger partial charge in [-0.25, -0.2) is 0 Å². The van der Waals surface area contributed by atoms with E-state index in [1.807, 2.05) is 93.5 Å². The van der Waals surface area contributed by atoms with Crippen LogP contribution in [0.15, 0.2) is 121 Å². The number of aromatic hydroxyl groups is 4. The molecule has 0 atom stereocenters. The van der Waals surface area contributed by atoms with Crippen LogP contribution in [0, 0.1) is 14.9 Å². The predicted octanol–water partition coefficient (Wildman–Crippen LogP) is 14.4. The molecule has 0 saturated carbocycles. The Balaban J connectivity index is -0.0000000417. The number of rotatable bonds is 0. The quantitative estimate of drug-likeness (QED) is 0.136. The molecule has 0 aliphatic heterocycles. The van der Waals surface area contributed by atoms with E-state index in [4.69, 9.17) is 20.4 Å². The first-order valence-corrected chi connectivity index (χ1v) is 16.4. The Hall–Kier alpha value is -2.82. The van der Waals surface area contributed by atoms with Gasteiger partial charge in [0.05, 0.1) is 0 Å². The summed E-state index contributed by atoms with van der Waals surface area (Å²) in [5, 5.41) is 34.5. The van der Waals surface area contributed by atoms with Gasteiger partial charge in [0.25, 0.3) is 0 Å². The molecule has 0 amide bonds. The third-order valence-electron chi connectivity index (χ3n) is 3.02. The molecule has 0 heterocycles. The zero-order chi connectivity index (χ0) is 35.9. The van der Waals surface area contributed by atoms with E-state index in [9.17, 15) is 0 Å². The molecule has 0 spiro atoms. The van der Waals surface area contributed by atoms with Crippen molar-refractivity contribution in [1.29, 1.82) is 0 Å². The molecule has 0 aromatic heterocycles. The van der Waals surface area contributed by atoms with Gasteiger partial charge in [-0.2, -0.15) is 0 Å². The summed E-state index contributed by atoms with van der Waals surface area (Å²) in [6, 6.07) is 34.9. The molecule has 47 heavy (non-hydrogen) atoms. The number of benzene rings is 4. The normalized spacial score (nSPS) is 6.51. The average molecular weight is 734 g/mol. The summed E-state index contributed by atoms with van der Waals surface area (Å²) in [6.07, 6.45) is 2.50. The third kappa shape index (κ3) is 86.0. The molecule has 0 bridgehead atoms. The molecule has 4 rings (SSSR count). The topological polar surface area (TPSA) is 80.9 Å². The maximum absolute atomic E-state index is 8.63. The first kappa shape index (κ1) is 70.5. The molecule has 0 aliphatic rings. The summed E-state index contributed by atoms with van der Waals surface area (Å²) in [4.78, 5) is 0. The largest absolute Gasteiger partial charge is 0.508 e. The molecule has 0 saturated heterocycles. The predicted molar refractivity (Wildman–Crippen MR) is 214 cm³/mol. The van der Waals surface area contributed by atoms with Gasteiger partial charge in [-0.3, -0.25) is 0 Å². The van der Waals surface area contributed by atoms with Crippen LogP contribution < -0.4 is 0 Å². The second kappa shape index (κ2) is 79.0. The van der Waals surface area contributed by atoms with Crippen molar-refractivity contribution in [3.63, 3.8) is 0 Å². The van der Waals surface area contributed by atoms with E-state index in [1.165, 1.54) is 12.8 Å². The van der Waals surface area contributed by atoms with E-state index in [0.717, 1.165) is 0 Å². The van der Waals surface area contributed by atoms with Crippen LogP contribution in [0.5, 0.6) is 23.0 Å². The van der Waals surface area contributed by atoms with Crippen molar-refractivity contribution in [3.05, 3.63) is 136 Å². The summed E-state index contributed by atoms with van der Waals surface area (Å²) in [6.45, 7) is 28.5. The number of para-hydroxylation sites is 4. The van der Waals surface area contributed by atoms with Gasteiger partial charge in [-0.1, -0.05) is 183 Å². The van der Waals surface area contributed by atoms with E-state index >= 15 is 0 Å². The van der Waals surface area contributed by atoms with E-state index < -0.39 is 0 Å². The summed E-state index contributed by atoms with van der Waals surface area (Å²) in [5.74, 6) is 1.29. The minimum Gasteiger partial charge on any atom is -0.508 e. The Labute approximate surface area is 320 Å². The van der Waals surface area contributed by atoms with Crippen LogP contribution in [0.3, 0.4) is 0 Å². The van der Waals surface area contributed by atoms with Crippen molar-refractivity contribution >= 4 is 0 Å².